The first-order valence-electron chi connectivity index (χ1n) is 9.36. The van der Waals surface area contributed by atoms with E-state index in [9.17, 15) is 9.90 Å². The highest BCUT2D eigenvalue weighted by atomic mass is 16.5. The number of aromatic nitrogens is 1. The van der Waals surface area contributed by atoms with Crippen molar-refractivity contribution in [3.8, 4) is 0 Å². The Hall–Kier alpha value is -1.89. The van der Waals surface area contributed by atoms with Gasteiger partial charge in [0.15, 0.2) is 0 Å². The molecule has 2 aromatic rings. The molecule has 26 heavy (non-hydrogen) atoms. The Bertz CT molecular complexity index is 767. The smallest absolute Gasteiger partial charge is 0.270 e. The second-order valence-corrected chi connectivity index (χ2v) is 7.84. The summed E-state index contributed by atoms with van der Waals surface area (Å²) in [4.78, 5) is 18.1. The summed E-state index contributed by atoms with van der Waals surface area (Å²) in [5.41, 5.74) is 0.754. The highest BCUT2D eigenvalue weighted by molar-refractivity contribution is 5.98. The molecule has 3 heterocycles. The number of piperidine rings is 1. The quantitative estimate of drug-likeness (QED) is 0.765. The van der Waals surface area contributed by atoms with Crippen LogP contribution in [0.15, 0.2) is 30.3 Å². The minimum atomic E-state index is -0.846. The van der Waals surface area contributed by atoms with Gasteiger partial charge in [-0.05, 0) is 38.9 Å². The number of benzene rings is 1. The van der Waals surface area contributed by atoms with Crippen molar-refractivity contribution < 1.29 is 14.6 Å². The zero-order valence-electron chi connectivity index (χ0n) is 15.4. The first kappa shape index (κ1) is 17.5. The van der Waals surface area contributed by atoms with Gasteiger partial charge in [-0.25, -0.2) is 0 Å². The maximum Gasteiger partial charge on any atom is 0.270 e. The molecule has 0 radical (unpaired) electrons. The number of fused-ring (bicyclic) bond motifs is 2. The minimum absolute atomic E-state index is 0.0220. The van der Waals surface area contributed by atoms with Crippen LogP contribution < -0.4 is 5.32 Å². The summed E-state index contributed by atoms with van der Waals surface area (Å²) < 4.78 is 6.06. The van der Waals surface area contributed by atoms with Crippen LogP contribution in [0, 0.1) is 5.92 Å². The van der Waals surface area contributed by atoms with Crippen LogP contribution in [-0.4, -0.2) is 65.4 Å². The van der Waals surface area contributed by atoms with Crippen molar-refractivity contribution in [2.45, 2.75) is 37.5 Å². The minimum Gasteiger partial charge on any atom is -0.388 e. The summed E-state index contributed by atoms with van der Waals surface area (Å²) in [6.45, 7) is 3.66. The Balaban J connectivity index is 1.52. The second kappa shape index (κ2) is 6.68. The Morgan fingerprint density at radius 1 is 1.42 bits per heavy atom. The van der Waals surface area contributed by atoms with Gasteiger partial charge in [0.05, 0.1) is 24.4 Å². The fourth-order valence-corrected chi connectivity index (χ4v) is 4.44. The lowest BCUT2D eigenvalue weighted by atomic mass is 9.82. The molecule has 1 aromatic carbocycles. The zero-order valence-corrected chi connectivity index (χ0v) is 15.4. The normalized spacial score (nSPS) is 32.3. The summed E-state index contributed by atoms with van der Waals surface area (Å²) in [7, 11) is 1.85. The van der Waals surface area contributed by atoms with Crippen molar-refractivity contribution in [3.63, 3.8) is 0 Å². The molecule has 6 heteroatoms. The number of amides is 1. The Morgan fingerprint density at radius 3 is 3.00 bits per heavy atom. The van der Waals surface area contributed by atoms with Crippen LogP contribution in [0.4, 0.5) is 0 Å². The topological polar surface area (TPSA) is 77.6 Å². The van der Waals surface area contributed by atoms with E-state index < -0.39 is 5.60 Å². The van der Waals surface area contributed by atoms with E-state index in [2.05, 4.69) is 10.3 Å². The third-order valence-electron chi connectivity index (χ3n) is 5.96. The number of nitrogens with zero attached hydrogens (tertiary/aromatic N) is 1. The Kier molecular flexibility index (Phi) is 4.50. The van der Waals surface area contributed by atoms with Gasteiger partial charge >= 0.3 is 0 Å². The van der Waals surface area contributed by atoms with Gasteiger partial charge in [-0.15, -0.1) is 0 Å². The SMILES string of the molecule is CN[C@@H]1CO[C@@H]2CCN(C(=O)c3cc4ccccc4[nH]3)C[C@@H]2C[C@@]1(C)O. The van der Waals surface area contributed by atoms with Crippen molar-refractivity contribution in [1.82, 2.24) is 15.2 Å². The van der Waals surface area contributed by atoms with Gasteiger partial charge in [-0.1, -0.05) is 18.2 Å². The van der Waals surface area contributed by atoms with Gasteiger partial charge in [0.25, 0.3) is 5.91 Å². The van der Waals surface area contributed by atoms with E-state index >= 15 is 0 Å². The van der Waals surface area contributed by atoms with Crippen LogP contribution in [0.3, 0.4) is 0 Å². The molecule has 4 atom stereocenters. The third-order valence-corrected chi connectivity index (χ3v) is 5.96. The largest absolute Gasteiger partial charge is 0.388 e. The Labute approximate surface area is 153 Å². The lowest BCUT2D eigenvalue weighted by Crippen LogP contribution is -2.51. The number of likely N-dealkylation sites (tertiary alicyclic amines) is 1. The molecule has 2 aliphatic rings. The van der Waals surface area contributed by atoms with Crippen molar-refractivity contribution in [1.29, 1.82) is 0 Å². The summed E-state index contributed by atoms with van der Waals surface area (Å²) in [6, 6.07) is 9.74. The number of hydrogen-bond acceptors (Lipinski definition) is 4. The van der Waals surface area contributed by atoms with Crippen LogP contribution in [0.5, 0.6) is 0 Å². The maximum absolute atomic E-state index is 13.0. The number of carbonyl (C=O) groups is 1. The third kappa shape index (κ3) is 3.13. The molecule has 0 aliphatic carbocycles. The van der Waals surface area contributed by atoms with E-state index in [1.165, 1.54) is 0 Å². The molecular formula is C20H27N3O3. The number of para-hydroxylation sites is 1. The van der Waals surface area contributed by atoms with Crippen LogP contribution in [0.2, 0.25) is 0 Å². The standard InChI is InChI=1S/C20H27N3O3/c1-20(25)10-14-11-23(8-7-17(14)26-12-18(20)21-2)19(24)16-9-13-5-3-4-6-15(13)22-16/h3-6,9,14,17-18,21-22,25H,7-8,10-12H2,1-2H3/t14-,17+,18+,20+/m0/s1. The van der Waals surface area contributed by atoms with E-state index in [0.29, 0.717) is 31.8 Å². The molecule has 2 fully saturated rings. The van der Waals surface area contributed by atoms with Gasteiger partial charge in [-0.3, -0.25) is 4.79 Å². The molecule has 0 saturated carbocycles. The highest BCUT2D eigenvalue weighted by Crippen LogP contribution is 2.33. The van der Waals surface area contributed by atoms with Gasteiger partial charge in [0.2, 0.25) is 0 Å². The van der Waals surface area contributed by atoms with Gasteiger partial charge < -0.3 is 25.0 Å². The summed E-state index contributed by atoms with van der Waals surface area (Å²) >= 11 is 0. The first-order chi connectivity index (χ1) is 12.5. The van der Waals surface area contributed by atoms with Crippen LogP contribution >= 0.6 is 0 Å². The highest BCUT2D eigenvalue weighted by Gasteiger charge is 2.43. The predicted molar refractivity (Wildman–Crippen MR) is 100 cm³/mol. The zero-order chi connectivity index (χ0) is 18.3. The number of aromatic amines is 1. The molecule has 0 unspecified atom stereocenters. The van der Waals surface area contributed by atoms with E-state index in [1.807, 2.05) is 49.2 Å². The molecule has 4 rings (SSSR count). The summed E-state index contributed by atoms with van der Waals surface area (Å²) in [6.07, 6.45) is 1.54. The second-order valence-electron chi connectivity index (χ2n) is 7.84. The number of nitrogens with one attached hydrogen (secondary N) is 2. The van der Waals surface area contributed by atoms with E-state index in [-0.39, 0.29) is 24.0 Å². The lowest BCUT2D eigenvalue weighted by Gasteiger charge is -2.39. The molecule has 0 bridgehead atoms. The maximum atomic E-state index is 13.0. The molecule has 1 aromatic heterocycles. The number of rotatable bonds is 2. The van der Waals surface area contributed by atoms with Gasteiger partial charge in [0.1, 0.15) is 5.69 Å². The van der Waals surface area contributed by atoms with Crippen molar-refractivity contribution in [2.24, 2.45) is 5.92 Å². The average Bonchev–Trinajstić information content (AvgIpc) is 3.00. The molecule has 140 valence electrons. The fraction of sp³-hybridized carbons (Fsp3) is 0.550. The molecule has 2 aliphatic heterocycles. The molecular weight excluding hydrogens is 330 g/mol. The first-order valence-corrected chi connectivity index (χ1v) is 9.36. The van der Waals surface area contributed by atoms with Gasteiger partial charge in [0, 0.05) is 29.9 Å². The van der Waals surface area contributed by atoms with Crippen LogP contribution in [0.1, 0.15) is 30.3 Å². The van der Waals surface area contributed by atoms with Crippen molar-refractivity contribution >= 4 is 16.8 Å². The molecule has 3 N–H and O–H groups in total. The number of likely N-dealkylation sites (N-methyl/N-ethyl adjacent to an activating group) is 1. The molecule has 0 spiro atoms. The van der Waals surface area contributed by atoms with E-state index in [0.717, 1.165) is 17.3 Å². The summed E-state index contributed by atoms with van der Waals surface area (Å²) in [5, 5.41) is 15.0. The monoisotopic (exact) mass is 357 g/mol. The number of aliphatic hydroxyl groups is 1. The van der Waals surface area contributed by atoms with E-state index in [4.69, 9.17) is 4.74 Å². The summed E-state index contributed by atoms with van der Waals surface area (Å²) in [5.74, 6) is 0.166. The molecule has 1 amide bonds. The lowest BCUT2D eigenvalue weighted by molar-refractivity contribution is -0.0218. The number of H-pyrrole nitrogens is 1. The molecule has 2 saturated heterocycles. The number of hydrogen-bond donors (Lipinski definition) is 3. The number of ether oxygens (including phenoxy) is 1. The Morgan fingerprint density at radius 2 is 2.23 bits per heavy atom. The van der Waals surface area contributed by atoms with Crippen molar-refractivity contribution in [3.05, 3.63) is 36.0 Å². The number of carbonyl (C=O) groups excluding carboxylic acids is 1. The van der Waals surface area contributed by atoms with Crippen LogP contribution in [-0.2, 0) is 4.74 Å². The van der Waals surface area contributed by atoms with E-state index in [1.54, 1.807) is 0 Å². The average molecular weight is 357 g/mol. The van der Waals surface area contributed by atoms with Crippen LogP contribution in [0.25, 0.3) is 10.9 Å². The molecule has 6 nitrogen and oxygen atoms in total. The van der Waals surface area contributed by atoms with Crippen molar-refractivity contribution in [2.75, 3.05) is 26.7 Å². The van der Waals surface area contributed by atoms with Gasteiger partial charge in [-0.2, -0.15) is 0 Å². The fourth-order valence-electron chi connectivity index (χ4n) is 4.44. The predicted octanol–water partition coefficient (Wildman–Crippen LogP) is 1.76.